The third kappa shape index (κ3) is 24.8. The van der Waals surface area contributed by atoms with E-state index in [0.717, 1.165) is 19.5 Å². The number of aliphatic hydroxyl groups excluding tert-OH is 2. The molecular formula is C9H24N2O4. The Morgan fingerprint density at radius 1 is 0.733 bits per heavy atom. The lowest BCUT2D eigenvalue weighted by Crippen LogP contribution is -2.09. The van der Waals surface area contributed by atoms with Gasteiger partial charge in [-0.05, 0) is 19.5 Å². The Morgan fingerprint density at radius 3 is 1.33 bits per heavy atom. The standard InChI is InChI=1S/C6H14O4.C3H10N2/c7-1-3-9-5-6-10-4-2-8;4-2-1-3-5/h7-8H,1-6H2;1-5H2. The van der Waals surface area contributed by atoms with Crippen molar-refractivity contribution in [1.82, 2.24) is 0 Å². The van der Waals surface area contributed by atoms with Gasteiger partial charge in [-0.2, -0.15) is 0 Å². The third-order valence-corrected chi connectivity index (χ3v) is 1.25. The van der Waals surface area contributed by atoms with Crippen LogP contribution in [-0.2, 0) is 9.47 Å². The summed E-state index contributed by atoms with van der Waals surface area (Å²) in [6.45, 7) is 3.17. The van der Waals surface area contributed by atoms with Gasteiger partial charge in [-0.3, -0.25) is 0 Å². The second kappa shape index (κ2) is 19.4. The number of ether oxygens (including phenoxy) is 2. The highest BCUT2D eigenvalue weighted by Crippen LogP contribution is 1.76. The minimum atomic E-state index is 0.0417. The van der Waals surface area contributed by atoms with Gasteiger partial charge >= 0.3 is 0 Å². The molecule has 0 unspecified atom stereocenters. The summed E-state index contributed by atoms with van der Waals surface area (Å²) in [5.41, 5.74) is 10.1. The van der Waals surface area contributed by atoms with Crippen molar-refractivity contribution in [2.24, 2.45) is 11.5 Å². The van der Waals surface area contributed by atoms with Crippen molar-refractivity contribution in [3.63, 3.8) is 0 Å². The zero-order chi connectivity index (χ0) is 11.8. The highest BCUT2D eigenvalue weighted by atomic mass is 16.5. The molecule has 0 aromatic carbocycles. The van der Waals surface area contributed by atoms with Gasteiger partial charge in [0, 0.05) is 0 Å². The Bertz CT molecular complexity index is 86.2. The van der Waals surface area contributed by atoms with Gasteiger partial charge in [-0.25, -0.2) is 0 Å². The Morgan fingerprint density at radius 2 is 1.13 bits per heavy atom. The molecule has 15 heavy (non-hydrogen) atoms. The monoisotopic (exact) mass is 224 g/mol. The Hall–Kier alpha value is -0.240. The molecule has 0 radical (unpaired) electrons. The number of hydrogen-bond donors (Lipinski definition) is 4. The van der Waals surface area contributed by atoms with Crippen LogP contribution in [0.5, 0.6) is 0 Å². The predicted octanol–water partition coefficient (Wildman–Crippen LogP) is -1.70. The minimum absolute atomic E-state index is 0.0417. The molecule has 0 bridgehead atoms. The predicted molar refractivity (Wildman–Crippen MR) is 58.5 cm³/mol. The van der Waals surface area contributed by atoms with E-state index in [2.05, 4.69) is 0 Å². The van der Waals surface area contributed by atoms with Gasteiger partial charge < -0.3 is 31.2 Å². The third-order valence-electron chi connectivity index (χ3n) is 1.25. The van der Waals surface area contributed by atoms with Crippen molar-refractivity contribution in [2.45, 2.75) is 6.42 Å². The van der Waals surface area contributed by atoms with Gasteiger partial charge in [0.15, 0.2) is 0 Å². The first-order valence-corrected chi connectivity index (χ1v) is 5.10. The maximum absolute atomic E-state index is 8.26. The van der Waals surface area contributed by atoms with E-state index in [1.807, 2.05) is 0 Å². The highest BCUT2D eigenvalue weighted by molar-refractivity contribution is 4.33. The summed E-state index contributed by atoms with van der Waals surface area (Å²) in [6.07, 6.45) is 0.944. The molecule has 6 nitrogen and oxygen atoms in total. The van der Waals surface area contributed by atoms with E-state index in [0.29, 0.717) is 26.4 Å². The molecule has 0 aliphatic rings. The molecule has 0 amide bonds. The van der Waals surface area contributed by atoms with Gasteiger partial charge in [0.1, 0.15) is 0 Å². The number of aliphatic hydroxyl groups is 2. The van der Waals surface area contributed by atoms with E-state index in [4.69, 9.17) is 31.2 Å². The van der Waals surface area contributed by atoms with Crippen LogP contribution in [-0.4, -0.2) is 62.9 Å². The molecule has 94 valence electrons. The van der Waals surface area contributed by atoms with Crippen LogP contribution in [0.25, 0.3) is 0 Å². The van der Waals surface area contributed by atoms with Gasteiger partial charge in [-0.1, -0.05) is 0 Å². The molecule has 0 heterocycles. The average Bonchev–Trinajstić information content (AvgIpc) is 2.25. The van der Waals surface area contributed by atoms with E-state index in [1.165, 1.54) is 0 Å². The van der Waals surface area contributed by atoms with Crippen LogP contribution in [0.3, 0.4) is 0 Å². The normalized spacial score (nSPS) is 9.60. The molecule has 0 aromatic heterocycles. The van der Waals surface area contributed by atoms with E-state index in [9.17, 15) is 0 Å². The lowest BCUT2D eigenvalue weighted by atomic mass is 10.4. The first-order chi connectivity index (χ1) is 7.33. The molecule has 0 saturated heterocycles. The molecule has 0 fully saturated rings. The van der Waals surface area contributed by atoms with Crippen molar-refractivity contribution in [3.8, 4) is 0 Å². The summed E-state index contributed by atoms with van der Waals surface area (Å²) in [5.74, 6) is 0. The molecule has 0 rings (SSSR count). The number of rotatable bonds is 9. The van der Waals surface area contributed by atoms with E-state index in [1.54, 1.807) is 0 Å². The second-order valence-electron chi connectivity index (χ2n) is 2.60. The zero-order valence-electron chi connectivity index (χ0n) is 9.23. The topological polar surface area (TPSA) is 111 Å². The van der Waals surface area contributed by atoms with Crippen molar-refractivity contribution in [3.05, 3.63) is 0 Å². The molecular weight excluding hydrogens is 200 g/mol. The summed E-state index contributed by atoms with van der Waals surface area (Å²) in [5, 5.41) is 16.5. The first kappa shape index (κ1) is 17.2. The lowest BCUT2D eigenvalue weighted by Gasteiger charge is -2.01. The SMILES string of the molecule is NCCCN.OCCOCCOCCO. The van der Waals surface area contributed by atoms with Crippen molar-refractivity contribution < 1.29 is 19.7 Å². The van der Waals surface area contributed by atoms with Gasteiger partial charge in [0.05, 0.1) is 39.6 Å². The summed E-state index contributed by atoms with van der Waals surface area (Å²) in [6, 6.07) is 0. The van der Waals surface area contributed by atoms with Crippen molar-refractivity contribution >= 4 is 0 Å². The molecule has 0 aromatic rings. The van der Waals surface area contributed by atoms with Gasteiger partial charge in [-0.15, -0.1) is 0 Å². The molecule has 6 heteroatoms. The average molecular weight is 224 g/mol. The van der Waals surface area contributed by atoms with Crippen LogP contribution >= 0.6 is 0 Å². The Kier molecular flexibility index (Phi) is 22.1. The smallest absolute Gasteiger partial charge is 0.0701 e. The summed E-state index contributed by atoms with van der Waals surface area (Å²) >= 11 is 0. The summed E-state index contributed by atoms with van der Waals surface area (Å²) in [7, 11) is 0. The fraction of sp³-hybridized carbons (Fsp3) is 1.00. The highest BCUT2D eigenvalue weighted by Gasteiger charge is 1.86. The fourth-order valence-corrected chi connectivity index (χ4v) is 0.569. The summed E-state index contributed by atoms with van der Waals surface area (Å²) in [4.78, 5) is 0. The van der Waals surface area contributed by atoms with Crippen LogP contribution < -0.4 is 11.5 Å². The van der Waals surface area contributed by atoms with Crippen LogP contribution in [0, 0.1) is 0 Å². The molecule has 0 aliphatic heterocycles. The number of nitrogens with two attached hydrogens (primary N) is 2. The maximum atomic E-state index is 8.26. The largest absolute Gasteiger partial charge is 0.394 e. The maximum Gasteiger partial charge on any atom is 0.0701 e. The molecule has 0 aliphatic carbocycles. The van der Waals surface area contributed by atoms with Crippen LogP contribution in [0.4, 0.5) is 0 Å². The number of hydrogen-bond acceptors (Lipinski definition) is 6. The van der Waals surface area contributed by atoms with Crippen molar-refractivity contribution in [2.75, 3.05) is 52.7 Å². The van der Waals surface area contributed by atoms with E-state index >= 15 is 0 Å². The van der Waals surface area contributed by atoms with E-state index < -0.39 is 0 Å². The van der Waals surface area contributed by atoms with Gasteiger partial charge in [0.2, 0.25) is 0 Å². The quantitative estimate of drug-likeness (QED) is 0.347. The molecule has 0 spiro atoms. The molecule has 0 atom stereocenters. The Labute approximate surface area is 91.2 Å². The summed E-state index contributed by atoms with van der Waals surface area (Å²) < 4.78 is 9.75. The lowest BCUT2D eigenvalue weighted by molar-refractivity contribution is 0.0222. The van der Waals surface area contributed by atoms with Gasteiger partial charge in [0.25, 0.3) is 0 Å². The second-order valence-corrected chi connectivity index (χ2v) is 2.60. The first-order valence-electron chi connectivity index (χ1n) is 5.10. The zero-order valence-corrected chi connectivity index (χ0v) is 9.23. The fourth-order valence-electron chi connectivity index (χ4n) is 0.569. The van der Waals surface area contributed by atoms with Crippen LogP contribution in [0.2, 0.25) is 0 Å². The van der Waals surface area contributed by atoms with Crippen LogP contribution in [0.1, 0.15) is 6.42 Å². The molecule has 6 N–H and O–H groups in total. The minimum Gasteiger partial charge on any atom is -0.394 e. The molecule has 0 saturated carbocycles. The Balaban J connectivity index is 0. The van der Waals surface area contributed by atoms with Crippen LogP contribution in [0.15, 0.2) is 0 Å². The van der Waals surface area contributed by atoms with Crippen molar-refractivity contribution in [1.29, 1.82) is 0 Å². The van der Waals surface area contributed by atoms with E-state index in [-0.39, 0.29) is 13.2 Å².